The predicted octanol–water partition coefficient (Wildman–Crippen LogP) is -1.25. The summed E-state index contributed by atoms with van der Waals surface area (Å²) in [4.78, 5) is 47.5. The third kappa shape index (κ3) is 8.93. The van der Waals surface area contributed by atoms with Gasteiger partial charge in [0, 0.05) is 34.8 Å². The first-order valence-corrected chi connectivity index (χ1v) is 12.1. The first-order valence-electron chi connectivity index (χ1n) is 12.1. The zero-order chi connectivity index (χ0) is 29.3. The summed E-state index contributed by atoms with van der Waals surface area (Å²) in [6, 6.07) is 0. The molecule has 0 radical (unpaired) electrons. The highest BCUT2D eigenvalue weighted by Crippen LogP contribution is 2.34. The number of ether oxygens (including phenoxy) is 9. The van der Waals surface area contributed by atoms with E-state index >= 15 is 0 Å². The average Bonchev–Trinajstić information content (AvgIpc) is 2.85. The highest BCUT2D eigenvalue weighted by atomic mass is 16.8. The van der Waals surface area contributed by atoms with Crippen LogP contribution < -0.4 is 0 Å². The van der Waals surface area contributed by atoms with E-state index in [9.17, 15) is 29.4 Å². The van der Waals surface area contributed by atoms with E-state index in [0.29, 0.717) is 0 Å². The lowest BCUT2D eigenvalue weighted by atomic mass is 9.96. The number of esters is 4. The van der Waals surface area contributed by atoms with Gasteiger partial charge in [-0.3, -0.25) is 19.2 Å². The van der Waals surface area contributed by atoms with Gasteiger partial charge in [0.1, 0.15) is 37.1 Å². The first-order chi connectivity index (χ1) is 18.4. The molecule has 15 nitrogen and oxygen atoms in total. The number of hydrogen-bond donors (Lipinski definition) is 2. The van der Waals surface area contributed by atoms with Gasteiger partial charge in [0.05, 0.1) is 13.2 Å². The topological polar surface area (TPSA) is 192 Å². The molecule has 0 aromatic heterocycles. The summed E-state index contributed by atoms with van der Waals surface area (Å²) in [6.07, 6.45) is -12.1. The molecule has 2 aliphatic heterocycles. The van der Waals surface area contributed by atoms with Gasteiger partial charge in [0.2, 0.25) is 0 Å². The lowest BCUT2D eigenvalue weighted by molar-refractivity contribution is -0.362. The van der Waals surface area contributed by atoms with E-state index in [1.165, 1.54) is 13.2 Å². The largest absolute Gasteiger partial charge is 0.463 e. The molecule has 2 rings (SSSR count). The van der Waals surface area contributed by atoms with Gasteiger partial charge in [-0.2, -0.15) is 0 Å². The average molecular weight is 565 g/mol. The molecule has 0 aromatic carbocycles. The van der Waals surface area contributed by atoms with Crippen LogP contribution in [0.2, 0.25) is 0 Å². The third-order valence-corrected chi connectivity index (χ3v) is 5.68. The molecule has 0 saturated carbocycles. The molecule has 2 aliphatic rings. The summed E-state index contributed by atoms with van der Waals surface area (Å²) < 4.78 is 49.8. The molecule has 39 heavy (non-hydrogen) atoms. The van der Waals surface area contributed by atoms with Crippen molar-refractivity contribution >= 4 is 23.9 Å². The smallest absolute Gasteiger partial charge is 0.303 e. The molecule has 0 amide bonds. The molecule has 0 bridgehead atoms. The van der Waals surface area contributed by atoms with Crippen molar-refractivity contribution in [1.82, 2.24) is 0 Å². The Bertz CT molecular complexity index is 862. The summed E-state index contributed by atoms with van der Waals surface area (Å²) in [5.41, 5.74) is 0. The summed E-state index contributed by atoms with van der Waals surface area (Å²) >= 11 is 0. The van der Waals surface area contributed by atoms with Crippen molar-refractivity contribution in [3.8, 4) is 0 Å². The molecule has 10 atom stereocenters. The lowest BCUT2D eigenvalue weighted by Gasteiger charge is -2.48. The van der Waals surface area contributed by atoms with Crippen molar-refractivity contribution in [2.24, 2.45) is 0 Å². The van der Waals surface area contributed by atoms with E-state index < -0.39 is 98.5 Å². The number of aliphatic hydroxyl groups is 2. The molecule has 0 unspecified atom stereocenters. The van der Waals surface area contributed by atoms with Crippen LogP contribution in [0.3, 0.4) is 0 Å². The normalized spacial score (nSPS) is 34.4. The fourth-order valence-corrected chi connectivity index (χ4v) is 4.20. The van der Waals surface area contributed by atoms with Gasteiger partial charge in [-0.15, -0.1) is 6.58 Å². The highest BCUT2D eigenvalue weighted by molar-refractivity contribution is 5.68. The monoisotopic (exact) mass is 564 g/mol. The first kappa shape index (κ1) is 32.6. The van der Waals surface area contributed by atoms with Gasteiger partial charge < -0.3 is 52.8 Å². The molecule has 15 heteroatoms. The Labute approximate surface area is 225 Å². The fourth-order valence-electron chi connectivity index (χ4n) is 4.20. The molecule has 0 aliphatic carbocycles. The second-order valence-electron chi connectivity index (χ2n) is 8.71. The van der Waals surface area contributed by atoms with Crippen LogP contribution in [-0.4, -0.2) is 122 Å². The SMILES string of the molecule is C=CCO[C@@H]1[C@@H](OC)O[C@H](CO)[C@@H](O)[C@@H]1O[C@H]1O[C@H](COC(C)=O)[C@@H](OC(C)=O)[C@H](OC(C)=O)[C@@H]1OC(C)=O. The summed E-state index contributed by atoms with van der Waals surface area (Å²) in [6.45, 7) is 6.88. The van der Waals surface area contributed by atoms with Crippen molar-refractivity contribution in [2.75, 3.05) is 26.9 Å². The maximum Gasteiger partial charge on any atom is 0.303 e. The van der Waals surface area contributed by atoms with Gasteiger partial charge in [-0.1, -0.05) is 6.08 Å². The quantitative estimate of drug-likeness (QED) is 0.162. The number of hydrogen-bond acceptors (Lipinski definition) is 15. The summed E-state index contributed by atoms with van der Waals surface area (Å²) in [7, 11) is 1.31. The molecular weight excluding hydrogens is 528 g/mol. The standard InChI is InChI=1S/C24H36O15/c1-7-8-32-21-19(17(30)15(9-25)37-23(21)31-6)39-24-22(36-14(5)29)20(35-13(4)28)18(34-12(3)27)16(38-24)10-33-11(2)26/h7,15-25,30H,1,8-10H2,2-6H3/t15-,16-,17-,18-,19+,20+,21+,22+,23+,24-/m1/s1. The molecule has 222 valence electrons. The van der Waals surface area contributed by atoms with Crippen molar-refractivity contribution in [3.63, 3.8) is 0 Å². The minimum absolute atomic E-state index is 0.0111. The van der Waals surface area contributed by atoms with Crippen LogP contribution in [0.25, 0.3) is 0 Å². The third-order valence-electron chi connectivity index (χ3n) is 5.68. The molecule has 2 heterocycles. The second-order valence-corrected chi connectivity index (χ2v) is 8.71. The minimum Gasteiger partial charge on any atom is -0.463 e. The Hall–Kier alpha value is -2.66. The van der Waals surface area contributed by atoms with E-state index in [2.05, 4.69) is 6.58 Å². The molecule has 0 spiro atoms. The number of methoxy groups -OCH3 is 1. The second kappa shape index (κ2) is 15.2. The van der Waals surface area contributed by atoms with Crippen LogP contribution in [0.1, 0.15) is 27.7 Å². The van der Waals surface area contributed by atoms with Gasteiger partial charge in [0.25, 0.3) is 0 Å². The summed E-state index contributed by atoms with van der Waals surface area (Å²) in [5.74, 6) is -3.13. The predicted molar refractivity (Wildman–Crippen MR) is 126 cm³/mol. The minimum atomic E-state index is -1.60. The van der Waals surface area contributed by atoms with Gasteiger partial charge >= 0.3 is 23.9 Å². The van der Waals surface area contributed by atoms with Crippen LogP contribution in [0.15, 0.2) is 12.7 Å². The zero-order valence-corrected chi connectivity index (χ0v) is 22.4. The Morgan fingerprint density at radius 2 is 1.36 bits per heavy atom. The summed E-state index contributed by atoms with van der Waals surface area (Å²) in [5, 5.41) is 20.7. The van der Waals surface area contributed by atoms with Gasteiger partial charge in [0.15, 0.2) is 30.9 Å². The van der Waals surface area contributed by atoms with Crippen molar-refractivity contribution in [3.05, 3.63) is 12.7 Å². The van der Waals surface area contributed by atoms with Crippen LogP contribution >= 0.6 is 0 Å². The fraction of sp³-hybridized carbons (Fsp3) is 0.750. The van der Waals surface area contributed by atoms with Crippen LogP contribution in [0.4, 0.5) is 0 Å². The van der Waals surface area contributed by atoms with Gasteiger partial charge in [-0.05, 0) is 0 Å². The van der Waals surface area contributed by atoms with Crippen LogP contribution in [0, 0.1) is 0 Å². The van der Waals surface area contributed by atoms with Crippen molar-refractivity contribution < 1.29 is 72.0 Å². The maximum absolute atomic E-state index is 12.1. The number of carbonyl (C=O) groups is 4. The van der Waals surface area contributed by atoms with Crippen molar-refractivity contribution in [1.29, 1.82) is 0 Å². The van der Waals surface area contributed by atoms with Crippen molar-refractivity contribution in [2.45, 2.75) is 89.1 Å². The molecular formula is C24H36O15. The molecule has 2 fully saturated rings. The van der Waals surface area contributed by atoms with Crippen LogP contribution in [-0.2, 0) is 61.8 Å². The van der Waals surface area contributed by atoms with Gasteiger partial charge in [-0.25, -0.2) is 0 Å². The number of rotatable bonds is 12. The maximum atomic E-state index is 12.1. The molecule has 2 N–H and O–H groups in total. The zero-order valence-electron chi connectivity index (χ0n) is 22.4. The molecule has 2 saturated heterocycles. The Balaban J connectivity index is 2.54. The Kier molecular flexibility index (Phi) is 12.7. The number of aliphatic hydroxyl groups excluding tert-OH is 2. The highest BCUT2D eigenvalue weighted by Gasteiger charge is 2.56. The Morgan fingerprint density at radius 3 is 1.87 bits per heavy atom. The van der Waals surface area contributed by atoms with E-state index in [1.54, 1.807) is 0 Å². The lowest BCUT2D eigenvalue weighted by Crippen LogP contribution is -2.66. The number of carbonyl (C=O) groups excluding carboxylic acids is 4. The van der Waals surface area contributed by atoms with E-state index in [1.807, 2.05) is 0 Å². The Morgan fingerprint density at radius 1 is 0.795 bits per heavy atom. The van der Waals surface area contributed by atoms with E-state index in [-0.39, 0.29) is 6.61 Å². The van der Waals surface area contributed by atoms with Crippen LogP contribution in [0.5, 0.6) is 0 Å². The van der Waals surface area contributed by atoms with E-state index in [0.717, 1.165) is 27.7 Å². The molecule has 0 aromatic rings. The van der Waals surface area contributed by atoms with E-state index in [4.69, 9.17) is 42.6 Å².